The Morgan fingerprint density at radius 2 is 2.21 bits per heavy atom. The summed E-state index contributed by atoms with van der Waals surface area (Å²) in [5.41, 5.74) is 0.597. The van der Waals surface area contributed by atoms with Crippen molar-refractivity contribution >= 4 is 5.78 Å². The molecule has 6 heteroatoms. The maximum absolute atomic E-state index is 11.5. The summed E-state index contributed by atoms with van der Waals surface area (Å²) in [5, 5.41) is 10.5. The summed E-state index contributed by atoms with van der Waals surface area (Å²) in [6.07, 6.45) is 1.64. The molecule has 3 rings (SSSR count). The van der Waals surface area contributed by atoms with Crippen LogP contribution < -0.4 is 4.74 Å². The normalized spacial score (nSPS) is 17.8. The van der Waals surface area contributed by atoms with Gasteiger partial charge in [0.25, 0.3) is 0 Å². The van der Waals surface area contributed by atoms with E-state index in [0.29, 0.717) is 24.4 Å². The zero-order chi connectivity index (χ0) is 19.9. The summed E-state index contributed by atoms with van der Waals surface area (Å²) in [6, 6.07) is 10.9. The summed E-state index contributed by atoms with van der Waals surface area (Å²) in [6.45, 7) is 6.21. The lowest BCUT2D eigenvalue weighted by Crippen LogP contribution is -2.39. The van der Waals surface area contributed by atoms with E-state index in [1.54, 1.807) is 24.3 Å². The first-order chi connectivity index (χ1) is 13.5. The first kappa shape index (κ1) is 20.6. The summed E-state index contributed by atoms with van der Waals surface area (Å²) in [4.78, 5) is 13.6. The van der Waals surface area contributed by atoms with Gasteiger partial charge in [0, 0.05) is 25.3 Å². The van der Waals surface area contributed by atoms with Gasteiger partial charge in [-0.15, -0.1) is 0 Å². The second kappa shape index (κ2) is 9.87. The smallest absolute Gasteiger partial charge is 0.159 e. The Labute approximate surface area is 166 Å². The number of ether oxygens (including phenoxy) is 2. The molecule has 1 aromatic heterocycles. The number of rotatable bonds is 10. The number of aryl methyl sites for hydroxylation is 1. The number of aliphatic hydroxyl groups excluding tert-OH is 1. The first-order valence-electron chi connectivity index (χ1n) is 9.81. The minimum Gasteiger partial charge on any atom is -0.491 e. The molecule has 0 aliphatic carbocycles. The largest absolute Gasteiger partial charge is 0.491 e. The van der Waals surface area contributed by atoms with Gasteiger partial charge in [-0.05, 0) is 51.0 Å². The monoisotopic (exact) mass is 387 g/mol. The number of benzene rings is 1. The van der Waals surface area contributed by atoms with E-state index in [-0.39, 0.29) is 18.5 Å². The number of Topliss-reactive ketones (excluding diaryl/α,β-unsaturated/α-hetero) is 1. The topological polar surface area (TPSA) is 72.1 Å². The maximum Gasteiger partial charge on any atom is 0.159 e. The van der Waals surface area contributed by atoms with Gasteiger partial charge in [0.1, 0.15) is 30.0 Å². The molecule has 0 bridgehead atoms. The van der Waals surface area contributed by atoms with Gasteiger partial charge >= 0.3 is 0 Å². The van der Waals surface area contributed by atoms with Crippen molar-refractivity contribution < 1.29 is 23.8 Å². The van der Waals surface area contributed by atoms with Crippen LogP contribution in [-0.4, -0.2) is 54.3 Å². The molecule has 152 valence electrons. The Balaban J connectivity index is 1.55. The summed E-state index contributed by atoms with van der Waals surface area (Å²) in [5.74, 6) is 2.32. The highest BCUT2D eigenvalue weighted by atomic mass is 16.5. The van der Waals surface area contributed by atoms with Gasteiger partial charge in [-0.25, -0.2) is 0 Å². The van der Waals surface area contributed by atoms with Crippen LogP contribution in [0.25, 0.3) is 0 Å². The van der Waals surface area contributed by atoms with E-state index >= 15 is 0 Å². The molecule has 6 nitrogen and oxygen atoms in total. The summed E-state index contributed by atoms with van der Waals surface area (Å²) < 4.78 is 17.2. The van der Waals surface area contributed by atoms with Gasteiger partial charge in [-0.3, -0.25) is 9.69 Å². The molecule has 1 N–H and O–H groups in total. The molecule has 0 radical (unpaired) electrons. The molecule has 1 aromatic carbocycles. The lowest BCUT2D eigenvalue weighted by molar-refractivity contribution is 0.0289. The second-order valence-electron chi connectivity index (χ2n) is 7.39. The molecule has 1 aliphatic rings. The van der Waals surface area contributed by atoms with E-state index in [0.717, 1.165) is 37.5 Å². The highest BCUT2D eigenvalue weighted by molar-refractivity contribution is 5.94. The third kappa shape index (κ3) is 6.19. The van der Waals surface area contributed by atoms with Crippen molar-refractivity contribution in [3.63, 3.8) is 0 Å². The van der Waals surface area contributed by atoms with Crippen LogP contribution in [0.4, 0.5) is 0 Å². The molecule has 28 heavy (non-hydrogen) atoms. The molecule has 1 fully saturated rings. The van der Waals surface area contributed by atoms with Crippen LogP contribution in [0.2, 0.25) is 0 Å². The minimum atomic E-state index is -0.668. The number of furan rings is 1. The van der Waals surface area contributed by atoms with Crippen molar-refractivity contribution in [1.82, 2.24) is 4.90 Å². The fraction of sp³-hybridized carbons (Fsp3) is 0.500. The molecule has 1 saturated heterocycles. The van der Waals surface area contributed by atoms with E-state index in [4.69, 9.17) is 13.9 Å². The molecule has 2 atom stereocenters. The molecule has 2 unspecified atom stereocenters. The van der Waals surface area contributed by atoms with Crippen LogP contribution in [0, 0.1) is 6.92 Å². The van der Waals surface area contributed by atoms with E-state index in [2.05, 4.69) is 4.90 Å². The standard InChI is InChI=1S/C22H29NO5/c1-16-8-9-22(28-16)14-23(13-21-7-4-10-26-21)12-19(25)15-27-20-6-3-5-18(11-20)17(2)24/h3,5-6,8-9,11,19,21,25H,4,7,10,12-15H2,1-2H3. The molecule has 0 amide bonds. The third-order valence-corrected chi connectivity index (χ3v) is 4.81. The average Bonchev–Trinajstić information content (AvgIpc) is 3.32. The van der Waals surface area contributed by atoms with Gasteiger partial charge in [0.2, 0.25) is 0 Å². The SMILES string of the molecule is CC(=O)c1cccc(OCC(O)CN(Cc2ccc(C)o2)CC2CCCO2)c1. The number of hydrogen-bond donors (Lipinski definition) is 1. The summed E-state index contributed by atoms with van der Waals surface area (Å²) >= 11 is 0. The fourth-order valence-electron chi connectivity index (χ4n) is 3.42. The zero-order valence-corrected chi connectivity index (χ0v) is 16.6. The van der Waals surface area contributed by atoms with Crippen LogP contribution in [0.15, 0.2) is 40.8 Å². The van der Waals surface area contributed by atoms with Crippen LogP contribution in [0.5, 0.6) is 5.75 Å². The Morgan fingerprint density at radius 1 is 1.36 bits per heavy atom. The minimum absolute atomic E-state index is 0.0116. The van der Waals surface area contributed by atoms with E-state index in [1.807, 2.05) is 19.1 Å². The summed E-state index contributed by atoms with van der Waals surface area (Å²) in [7, 11) is 0. The molecular weight excluding hydrogens is 358 g/mol. The third-order valence-electron chi connectivity index (χ3n) is 4.81. The highest BCUT2D eigenvalue weighted by Crippen LogP contribution is 2.17. The van der Waals surface area contributed by atoms with E-state index in [9.17, 15) is 9.90 Å². The number of carbonyl (C=O) groups is 1. The van der Waals surface area contributed by atoms with E-state index in [1.165, 1.54) is 6.92 Å². The second-order valence-corrected chi connectivity index (χ2v) is 7.39. The Kier molecular flexibility index (Phi) is 7.25. The molecule has 2 aromatic rings. The Hall–Kier alpha value is -2.15. The van der Waals surface area contributed by atoms with Gasteiger partial charge in [-0.1, -0.05) is 12.1 Å². The maximum atomic E-state index is 11.5. The van der Waals surface area contributed by atoms with Crippen molar-refractivity contribution in [2.24, 2.45) is 0 Å². The zero-order valence-electron chi connectivity index (χ0n) is 16.6. The van der Waals surface area contributed by atoms with Crippen molar-refractivity contribution in [3.05, 3.63) is 53.5 Å². The number of nitrogens with zero attached hydrogens (tertiary/aromatic N) is 1. The molecule has 2 heterocycles. The number of ketones is 1. The lowest BCUT2D eigenvalue weighted by atomic mass is 10.1. The Bertz CT molecular complexity index is 766. The molecular formula is C22H29NO5. The Morgan fingerprint density at radius 3 is 2.89 bits per heavy atom. The predicted molar refractivity (Wildman–Crippen MR) is 106 cm³/mol. The fourth-order valence-corrected chi connectivity index (χ4v) is 3.42. The lowest BCUT2D eigenvalue weighted by Gasteiger charge is -2.26. The van der Waals surface area contributed by atoms with Crippen LogP contribution in [0.3, 0.4) is 0 Å². The van der Waals surface area contributed by atoms with E-state index < -0.39 is 6.10 Å². The van der Waals surface area contributed by atoms with Crippen molar-refractivity contribution in [2.45, 2.75) is 45.4 Å². The highest BCUT2D eigenvalue weighted by Gasteiger charge is 2.22. The first-order valence-corrected chi connectivity index (χ1v) is 9.81. The quantitative estimate of drug-likeness (QED) is 0.631. The predicted octanol–water partition coefficient (Wildman–Crippen LogP) is 3.21. The number of aliphatic hydroxyl groups is 1. The van der Waals surface area contributed by atoms with Crippen LogP contribution >= 0.6 is 0 Å². The molecule has 0 spiro atoms. The van der Waals surface area contributed by atoms with Gasteiger partial charge in [0.15, 0.2) is 5.78 Å². The van der Waals surface area contributed by atoms with Gasteiger partial charge < -0.3 is 19.0 Å². The van der Waals surface area contributed by atoms with Crippen LogP contribution in [0.1, 0.15) is 41.6 Å². The number of carbonyl (C=O) groups excluding carboxylic acids is 1. The van der Waals surface area contributed by atoms with Crippen LogP contribution in [-0.2, 0) is 11.3 Å². The number of hydrogen-bond acceptors (Lipinski definition) is 6. The van der Waals surface area contributed by atoms with Crippen molar-refractivity contribution in [1.29, 1.82) is 0 Å². The molecule has 1 aliphatic heterocycles. The van der Waals surface area contributed by atoms with Gasteiger partial charge in [0.05, 0.1) is 12.6 Å². The van der Waals surface area contributed by atoms with Gasteiger partial charge in [-0.2, -0.15) is 0 Å². The van der Waals surface area contributed by atoms with Crippen molar-refractivity contribution in [3.8, 4) is 5.75 Å². The van der Waals surface area contributed by atoms with Crippen molar-refractivity contribution in [2.75, 3.05) is 26.3 Å². The average molecular weight is 387 g/mol. The molecule has 0 saturated carbocycles.